The molecule has 0 aliphatic carbocycles. The molecule has 1 fully saturated rings. The molecule has 4 rings (SSSR count). The summed E-state index contributed by atoms with van der Waals surface area (Å²) in [6.45, 7) is -0.564. The average molecular weight is 508 g/mol. The van der Waals surface area contributed by atoms with Crippen molar-refractivity contribution in [2.75, 3.05) is 11.4 Å². The predicted octanol–water partition coefficient (Wildman–Crippen LogP) is 3.34. The van der Waals surface area contributed by atoms with Crippen molar-refractivity contribution in [2.24, 2.45) is 0 Å². The second-order valence-electron chi connectivity index (χ2n) is 6.58. The standard InChI is InChI=1S/C20H11Cl2N3O5S2/c21-9-5-6-10(12(22)7-9)17(28)23-25-19(30)16(32-20(25)31)15-11-3-1-2-4-13(11)24(18(15)29)8-14(26)27/h1-7H,8H2,(H,23,28)(H,26,27). The van der Waals surface area contributed by atoms with E-state index in [-0.39, 0.29) is 25.4 Å². The van der Waals surface area contributed by atoms with Crippen LogP contribution < -0.4 is 10.3 Å². The number of nitrogens with one attached hydrogen (secondary N) is 1. The Bertz CT molecular complexity index is 1260. The van der Waals surface area contributed by atoms with Crippen molar-refractivity contribution in [1.82, 2.24) is 10.4 Å². The molecule has 0 radical (unpaired) electrons. The van der Waals surface area contributed by atoms with E-state index >= 15 is 0 Å². The maximum Gasteiger partial charge on any atom is 0.323 e. The van der Waals surface area contributed by atoms with Crippen LogP contribution in [0.1, 0.15) is 15.9 Å². The van der Waals surface area contributed by atoms with Gasteiger partial charge in [0.2, 0.25) is 0 Å². The van der Waals surface area contributed by atoms with Crippen molar-refractivity contribution in [2.45, 2.75) is 0 Å². The summed E-state index contributed by atoms with van der Waals surface area (Å²) in [6.07, 6.45) is 0. The number of hydrogen-bond donors (Lipinski definition) is 2. The first-order valence-electron chi connectivity index (χ1n) is 8.88. The van der Waals surface area contributed by atoms with Crippen LogP contribution in [0.4, 0.5) is 5.69 Å². The maximum atomic E-state index is 13.1. The molecule has 0 bridgehead atoms. The van der Waals surface area contributed by atoms with Crippen LogP contribution in [0.15, 0.2) is 47.4 Å². The van der Waals surface area contributed by atoms with Gasteiger partial charge in [-0.25, -0.2) is 0 Å². The first-order chi connectivity index (χ1) is 15.2. The first kappa shape index (κ1) is 22.3. The third kappa shape index (κ3) is 3.86. The Labute approximate surface area is 200 Å². The number of rotatable bonds is 4. The Balaban J connectivity index is 1.68. The van der Waals surface area contributed by atoms with Crippen LogP contribution in [0.2, 0.25) is 10.0 Å². The zero-order chi connectivity index (χ0) is 23.2. The minimum absolute atomic E-state index is 0.00194. The number of halogens is 2. The molecule has 32 heavy (non-hydrogen) atoms. The normalized spacial score (nSPS) is 17.8. The summed E-state index contributed by atoms with van der Waals surface area (Å²) < 4.78 is -0.00194. The van der Waals surface area contributed by atoms with Gasteiger partial charge in [0.05, 0.1) is 26.8 Å². The van der Waals surface area contributed by atoms with E-state index in [4.69, 9.17) is 35.4 Å². The summed E-state index contributed by atoms with van der Waals surface area (Å²) in [5, 5.41) is 10.5. The molecule has 2 aliphatic rings. The zero-order valence-electron chi connectivity index (χ0n) is 15.8. The van der Waals surface area contributed by atoms with Crippen LogP contribution in [-0.2, 0) is 14.4 Å². The maximum absolute atomic E-state index is 13.1. The van der Waals surface area contributed by atoms with E-state index in [9.17, 15) is 24.3 Å². The number of hydrogen-bond acceptors (Lipinski definition) is 6. The summed E-state index contributed by atoms with van der Waals surface area (Å²) in [4.78, 5) is 51.0. The lowest BCUT2D eigenvalue weighted by Gasteiger charge is -2.16. The molecule has 0 saturated carbocycles. The van der Waals surface area contributed by atoms with Crippen LogP contribution in [-0.4, -0.2) is 44.7 Å². The van der Waals surface area contributed by atoms with E-state index in [1.54, 1.807) is 24.3 Å². The topological polar surface area (TPSA) is 107 Å². The van der Waals surface area contributed by atoms with Gasteiger partial charge in [0.1, 0.15) is 6.54 Å². The fraction of sp³-hybridized carbons (Fsp3) is 0.0500. The fourth-order valence-corrected chi connectivity index (χ4v) is 4.99. The Hall–Kier alpha value is -2.92. The molecule has 8 nitrogen and oxygen atoms in total. The number of hydrazine groups is 1. The van der Waals surface area contributed by atoms with E-state index in [0.717, 1.165) is 21.7 Å². The minimum atomic E-state index is -1.20. The van der Waals surface area contributed by atoms with Gasteiger partial charge in [0.15, 0.2) is 4.32 Å². The van der Waals surface area contributed by atoms with E-state index in [1.165, 1.54) is 18.2 Å². The molecule has 0 atom stereocenters. The highest BCUT2D eigenvalue weighted by Crippen LogP contribution is 2.44. The lowest BCUT2D eigenvalue weighted by atomic mass is 10.1. The second-order valence-corrected chi connectivity index (χ2v) is 9.07. The highest BCUT2D eigenvalue weighted by atomic mass is 35.5. The van der Waals surface area contributed by atoms with E-state index in [2.05, 4.69) is 5.43 Å². The highest BCUT2D eigenvalue weighted by molar-refractivity contribution is 8.26. The number of carboxylic acids is 1. The Morgan fingerprint density at radius 1 is 1.09 bits per heavy atom. The Morgan fingerprint density at radius 3 is 2.50 bits per heavy atom. The third-order valence-electron chi connectivity index (χ3n) is 4.60. The van der Waals surface area contributed by atoms with Gasteiger partial charge in [0.25, 0.3) is 17.7 Å². The van der Waals surface area contributed by atoms with Crippen LogP contribution in [0.3, 0.4) is 0 Å². The SMILES string of the molecule is O=C(O)CN1C(=O)C(=C2SC(=S)N(NC(=O)c3ccc(Cl)cc3Cl)C2=O)c2ccccc21. The van der Waals surface area contributed by atoms with Crippen LogP contribution in [0.5, 0.6) is 0 Å². The fourth-order valence-electron chi connectivity index (χ4n) is 3.24. The quantitative estimate of drug-likeness (QED) is 0.482. The Morgan fingerprint density at radius 2 is 1.81 bits per heavy atom. The number of thioether (sulfide) groups is 1. The molecule has 2 aromatic rings. The van der Waals surface area contributed by atoms with Gasteiger partial charge in [-0.05, 0) is 36.5 Å². The predicted molar refractivity (Wildman–Crippen MR) is 124 cm³/mol. The van der Waals surface area contributed by atoms with E-state index in [1.807, 2.05) is 0 Å². The van der Waals surface area contributed by atoms with Crippen LogP contribution in [0.25, 0.3) is 5.57 Å². The van der Waals surface area contributed by atoms with Gasteiger partial charge in [-0.1, -0.05) is 53.2 Å². The zero-order valence-corrected chi connectivity index (χ0v) is 18.9. The van der Waals surface area contributed by atoms with Crippen molar-refractivity contribution in [3.63, 3.8) is 0 Å². The largest absolute Gasteiger partial charge is 0.480 e. The number of fused-ring (bicyclic) bond motifs is 1. The first-order valence-corrected chi connectivity index (χ1v) is 10.9. The number of thiocarbonyl (C=S) groups is 1. The lowest BCUT2D eigenvalue weighted by Crippen LogP contribution is -2.45. The summed E-state index contributed by atoms with van der Waals surface area (Å²) in [5.74, 6) is -3.25. The Kier molecular flexibility index (Phi) is 5.95. The number of carboxylic acid groups (broad SMARTS) is 1. The monoisotopic (exact) mass is 507 g/mol. The number of para-hydroxylation sites is 1. The lowest BCUT2D eigenvalue weighted by molar-refractivity contribution is -0.136. The van der Waals surface area contributed by atoms with Gasteiger partial charge >= 0.3 is 5.97 Å². The number of nitrogens with zero attached hydrogens (tertiary/aromatic N) is 2. The molecule has 0 spiro atoms. The molecule has 2 aliphatic heterocycles. The smallest absolute Gasteiger partial charge is 0.323 e. The van der Waals surface area contributed by atoms with Crippen molar-refractivity contribution < 1.29 is 24.3 Å². The van der Waals surface area contributed by atoms with Crippen molar-refractivity contribution in [1.29, 1.82) is 0 Å². The number of carbonyl (C=O) groups is 4. The molecule has 12 heteroatoms. The van der Waals surface area contributed by atoms with Crippen molar-refractivity contribution in [3.8, 4) is 0 Å². The number of benzene rings is 2. The molecule has 2 N–H and O–H groups in total. The molecule has 0 aromatic heterocycles. The van der Waals surface area contributed by atoms with Gasteiger partial charge in [-0.15, -0.1) is 0 Å². The van der Waals surface area contributed by atoms with E-state index < -0.39 is 30.2 Å². The minimum Gasteiger partial charge on any atom is -0.480 e. The van der Waals surface area contributed by atoms with Crippen LogP contribution in [0, 0.1) is 0 Å². The van der Waals surface area contributed by atoms with Crippen molar-refractivity contribution >= 4 is 86.5 Å². The molecular formula is C20H11Cl2N3O5S2. The summed E-state index contributed by atoms with van der Waals surface area (Å²) in [5.41, 5.74) is 3.28. The molecule has 2 heterocycles. The third-order valence-corrected chi connectivity index (χ3v) is 6.52. The molecule has 2 aromatic carbocycles. The van der Waals surface area contributed by atoms with Gasteiger partial charge in [0, 0.05) is 10.6 Å². The molecule has 1 saturated heterocycles. The summed E-state index contributed by atoms with van der Waals surface area (Å²) in [7, 11) is 0. The van der Waals surface area contributed by atoms with Gasteiger partial charge < -0.3 is 5.11 Å². The molecule has 3 amide bonds. The van der Waals surface area contributed by atoms with Gasteiger partial charge in [-0.2, -0.15) is 5.01 Å². The molecular weight excluding hydrogens is 497 g/mol. The highest BCUT2D eigenvalue weighted by Gasteiger charge is 2.43. The number of anilines is 1. The number of carbonyl (C=O) groups excluding carboxylic acids is 3. The molecule has 162 valence electrons. The molecule has 0 unspecified atom stereocenters. The average Bonchev–Trinajstić information content (AvgIpc) is 3.15. The number of amides is 3. The van der Waals surface area contributed by atoms with Gasteiger partial charge in [-0.3, -0.25) is 29.5 Å². The van der Waals surface area contributed by atoms with Crippen molar-refractivity contribution in [3.05, 3.63) is 68.5 Å². The second kappa shape index (κ2) is 8.55. The van der Waals surface area contributed by atoms with E-state index in [0.29, 0.717) is 16.3 Å². The van der Waals surface area contributed by atoms with Crippen LogP contribution >= 0.6 is 47.2 Å². The summed E-state index contributed by atoms with van der Waals surface area (Å²) in [6, 6.07) is 10.8. The summed E-state index contributed by atoms with van der Waals surface area (Å²) >= 11 is 18.0. The number of aliphatic carboxylic acids is 1.